The van der Waals surface area contributed by atoms with Crippen molar-refractivity contribution < 1.29 is 28.6 Å². The summed E-state index contributed by atoms with van der Waals surface area (Å²) in [4.78, 5) is 37.7. The molecule has 0 fully saturated rings. The van der Waals surface area contributed by atoms with Crippen LogP contribution in [-0.4, -0.2) is 37.2 Å². The van der Waals surface area contributed by atoms with Gasteiger partial charge in [0.1, 0.15) is 13.2 Å². The highest BCUT2D eigenvalue weighted by Crippen LogP contribution is 2.17. The Balaban J connectivity index is 4.31. The second-order valence-corrected chi connectivity index (χ2v) is 17.3. The van der Waals surface area contributed by atoms with Crippen molar-refractivity contribution in [3.05, 3.63) is 0 Å². The number of hydrogen-bond acceptors (Lipinski definition) is 6. The molecule has 0 saturated carbocycles. The molecule has 54 heavy (non-hydrogen) atoms. The molecule has 0 aliphatic carbocycles. The minimum atomic E-state index is -0.761. The third kappa shape index (κ3) is 41.6. The summed E-state index contributed by atoms with van der Waals surface area (Å²) in [7, 11) is 0. The molecule has 0 spiro atoms. The third-order valence-electron chi connectivity index (χ3n) is 10.7. The van der Waals surface area contributed by atoms with Crippen LogP contribution >= 0.6 is 0 Å². The summed E-state index contributed by atoms with van der Waals surface area (Å²) in [5.74, 6) is 0.747. The first kappa shape index (κ1) is 52.4. The Bertz CT molecular complexity index is 824. The molecular formula is C48H92O6. The van der Waals surface area contributed by atoms with Gasteiger partial charge in [-0.25, -0.2) is 0 Å². The number of esters is 3. The number of carbonyl (C=O) groups excluding carboxylic acids is 3. The average Bonchev–Trinajstić information content (AvgIpc) is 3.14. The molecule has 0 bridgehead atoms. The van der Waals surface area contributed by atoms with Crippen LogP contribution in [0.5, 0.6) is 0 Å². The second-order valence-electron chi connectivity index (χ2n) is 17.3. The molecule has 0 unspecified atom stereocenters. The van der Waals surface area contributed by atoms with Crippen LogP contribution in [0, 0.1) is 11.8 Å². The molecule has 6 heteroatoms. The number of carbonyl (C=O) groups is 3. The molecule has 0 heterocycles. The Hall–Kier alpha value is -1.59. The van der Waals surface area contributed by atoms with E-state index in [1.165, 1.54) is 148 Å². The lowest BCUT2D eigenvalue weighted by atomic mass is 10.0. The molecule has 0 radical (unpaired) electrons. The normalized spacial score (nSPS) is 12.1. The maximum Gasteiger partial charge on any atom is 0.306 e. The summed E-state index contributed by atoms with van der Waals surface area (Å²) in [6.45, 7) is 11.3. The van der Waals surface area contributed by atoms with Gasteiger partial charge in [0.2, 0.25) is 0 Å². The van der Waals surface area contributed by atoms with Gasteiger partial charge < -0.3 is 14.2 Å². The Morgan fingerprint density at radius 2 is 0.611 bits per heavy atom. The van der Waals surface area contributed by atoms with Crippen molar-refractivity contribution in [2.45, 2.75) is 265 Å². The van der Waals surface area contributed by atoms with Gasteiger partial charge in [0, 0.05) is 19.3 Å². The zero-order chi connectivity index (χ0) is 39.7. The van der Waals surface area contributed by atoms with Crippen LogP contribution in [0.4, 0.5) is 0 Å². The van der Waals surface area contributed by atoms with Gasteiger partial charge in [-0.15, -0.1) is 0 Å². The number of hydrogen-bond donors (Lipinski definition) is 0. The van der Waals surface area contributed by atoms with Crippen molar-refractivity contribution in [1.82, 2.24) is 0 Å². The van der Waals surface area contributed by atoms with Crippen molar-refractivity contribution in [2.24, 2.45) is 11.8 Å². The van der Waals surface area contributed by atoms with Gasteiger partial charge in [-0.3, -0.25) is 14.4 Å². The topological polar surface area (TPSA) is 78.9 Å². The van der Waals surface area contributed by atoms with Gasteiger partial charge >= 0.3 is 17.9 Å². The highest BCUT2D eigenvalue weighted by molar-refractivity contribution is 5.71. The van der Waals surface area contributed by atoms with E-state index in [0.29, 0.717) is 19.3 Å². The molecule has 0 aromatic rings. The van der Waals surface area contributed by atoms with Crippen molar-refractivity contribution >= 4 is 17.9 Å². The summed E-state index contributed by atoms with van der Waals surface area (Å²) < 4.78 is 16.7. The van der Waals surface area contributed by atoms with Crippen LogP contribution in [0.15, 0.2) is 0 Å². The zero-order valence-electron chi connectivity index (χ0n) is 36.8. The van der Waals surface area contributed by atoms with E-state index in [9.17, 15) is 14.4 Å². The Morgan fingerprint density at radius 1 is 0.352 bits per heavy atom. The molecule has 0 aliphatic heterocycles. The predicted molar refractivity (Wildman–Crippen MR) is 229 cm³/mol. The molecular weight excluding hydrogens is 673 g/mol. The maximum atomic E-state index is 12.7. The smallest absolute Gasteiger partial charge is 0.306 e. The van der Waals surface area contributed by atoms with Gasteiger partial charge in [-0.1, -0.05) is 221 Å². The lowest BCUT2D eigenvalue weighted by molar-refractivity contribution is -0.167. The van der Waals surface area contributed by atoms with Gasteiger partial charge in [-0.2, -0.15) is 0 Å². The molecule has 6 nitrogen and oxygen atoms in total. The van der Waals surface area contributed by atoms with Gasteiger partial charge in [0.05, 0.1) is 0 Å². The van der Waals surface area contributed by atoms with Crippen LogP contribution < -0.4 is 0 Å². The van der Waals surface area contributed by atoms with E-state index < -0.39 is 6.10 Å². The van der Waals surface area contributed by atoms with Crippen LogP contribution in [0.2, 0.25) is 0 Å². The quantitative estimate of drug-likeness (QED) is 0.0350. The summed E-state index contributed by atoms with van der Waals surface area (Å²) >= 11 is 0. The van der Waals surface area contributed by atoms with E-state index in [2.05, 4.69) is 34.6 Å². The average molecular weight is 765 g/mol. The molecule has 0 N–H and O–H groups in total. The zero-order valence-corrected chi connectivity index (χ0v) is 36.8. The predicted octanol–water partition coefficient (Wildman–Crippen LogP) is 15.0. The van der Waals surface area contributed by atoms with Crippen LogP contribution in [0.25, 0.3) is 0 Å². The lowest BCUT2D eigenvalue weighted by Gasteiger charge is -2.18. The van der Waals surface area contributed by atoms with E-state index in [1.807, 2.05) is 0 Å². The molecule has 1 atom stereocenters. The minimum Gasteiger partial charge on any atom is -0.462 e. The van der Waals surface area contributed by atoms with E-state index in [4.69, 9.17) is 14.2 Å². The van der Waals surface area contributed by atoms with Crippen LogP contribution in [-0.2, 0) is 28.6 Å². The molecule has 0 aromatic carbocycles. The van der Waals surface area contributed by atoms with E-state index >= 15 is 0 Å². The SMILES string of the molecule is CCCCCCCCCCCCCCC(=O)OC[C@H](COC(=O)CCCCCCCCCCCCCC(C)C)OC(=O)CCCCCCCCCC(C)C. The van der Waals surface area contributed by atoms with Crippen molar-refractivity contribution in [1.29, 1.82) is 0 Å². The Labute approximate surface area is 336 Å². The largest absolute Gasteiger partial charge is 0.462 e. The minimum absolute atomic E-state index is 0.0650. The maximum absolute atomic E-state index is 12.7. The third-order valence-corrected chi connectivity index (χ3v) is 10.7. The Kier molecular flexibility index (Phi) is 39.8. The van der Waals surface area contributed by atoms with Crippen molar-refractivity contribution in [3.8, 4) is 0 Å². The fraction of sp³-hybridized carbons (Fsp3) is 0.938. The summed E-state index contributed by atoms with van der Waals surface area (Å²) in [6, 6.07) is 0. The van der Waals surface area contributed by atoms with E-state index in [0.717, 1.165) is 69.6 Å². The molecule has 0 aliphatic rings. The first-order valence-electron chi connectivity index (χ1n) is 23.7. The molecule has 0 saturated heterocycles. The van der Waals surface area contributed by atoms with Crippen molar-refractivity contribution in [2.75, 3.05) is 13.2 Å². The standard InChI is InChI=1S/C48H92O6/c1-6-7-8-9-10-11-12-15-18-23-28-33-38-46(49)52-41-45(54-48(51)40-35-30-25-20-22-27-32-37-44(4)5)42-53-47(50)39-34-29-24-19-16-13-14-17-21-26-31-36-43(2)3/h43-45H,6-42H2,1-5H3/t45-/m1/s1. The van der Waals surface area contributed by atoms with Gasteiger partial charge in [-0.05, 0) is 31.1 Å². The molecule has 0 rings (SSSR count). The van der Waals surface area contributed by atoms with Crippen LogP contribution in [0.1, 0.15) is 259 Å². The number of rotatable bonds is 42. The fourth-order valence-corrected chi connectivity index (χ4v) is 7.11. The van der Waals surface area contributed by atoms with Crippen molar-refractivity contribution in [3.63, 3.8) is 0 Å². The Morgan fingerprint density at radius 3 is 0.907 bits per heavy atom. The first-order chi connectivity index (χ1) is 26.2. The monoisotopic (exact) mass is 765 g/mol. The number of unbranched alkanes of at least 4 members (excludes halogenated alkanes) is 27. The summed E-state index contributed by atoms with van der Waals surface area (Å²) in [6.07, 6.45) is 39.5. The first-order valence-corrected chi connectivity index (χ1v) is 23.7. The lowest BCUT2D eigenvalue weighted by Crippen LogP contribution is -2.30. The molecule has 320 valence electrons. The number of ether oxygens (including phenoxy) is 3. The summed E-state index contributed by atoms with van der Waals surface area (Å²) in [5.41, 5.74) is 0. The van der Waals surface area contributed by atoms with E-state index in [1.54, 1.807) is 0 Å². The van der Waals surface area contributed by atoms with Gasteiger partial charge in [0.15, 0.2) is 6.10 Å². The van der Waals surface area contributed by atoms with Crippen LogP contribution in [0.3, 0.4) is 0 Å². The van der Waals surface area contributed by atoms with E-state index in [-0.39, 0.29) is 31.1 Å². The molecule has 0 aromatic heterocycles. The summed E-state index contributed by atoms with van der Waals surface area (Å²) in [5, 5.41) is 0. The fourth-order valence-electron chi connectivity index (χ4n) is 7.11. The highest BCUT2D eigenvalue weighted by atomic mass is 16.6. The highest BCUT2D eigenvalue weighted by Gasteiger charge is 2.19. The van der Waals surface area contributed by atoms with Gasteiger partial charge in [0.25, 0.3) is 0 Å². The molecule has 0 amide bonds. The second kappa shape index (κ2) is 41.1.